The zero-order valence-corrected chi connectivity index (χ0v) is 34.8. The largest absolute Gasteiger partial charge is 0.494 e. The molecule has 0 saturated carbocycles. The van der Waals surface area contributed by atoms with E-state index in [1.54, 1.807) is 10.6 Å². The summed E-state index contributed by atoms with van der Waals surface area (Å²) in [7, 11) is 0. The van der Waals surface area contributed by atoms with Gasteiger partial charge in [0, 0.05) is 60.6 Å². The van der Waals surface area contributed by atoms with Crippen molar-refractivity contribution in [2.24, 2.45) is 0 Å². The fourth-order valence-corrected chi connectivity index (χ4v) is 8.78. The van der Waals surface area contributed by atoms with Crippen LogP contribution in [0, 0.1) is 0 Å². The highest BCUT2D eigenvalue weighted by Gasteiger charge is 2.18. The van der Waals surface area contributed by atoms with Crippen LogP contribution in [0.15, 0.2) is 64.8 Å². The number of rotatable bonds is 28. The molecule has 55 heavy (non-hydrogen) atoms. The van der Waals surface area contributed by atoms with Gasteiger partial charge in [-0.15, -0.1) is 11.3 Å². The van der Waals surface area contributed by atoms with Crippen molar-refractivity contribution >= 4 is 44.0 Å². The maximum atomic E-state index is 12.8. The van der Waals surface area contributed by atoms with Crippen molar-refractivity contribution in [1.29, 1.82) is 0 Å². The molecule has 0 unspecified atom stereocenters. The maximum absolute atomic E-state index is 12.8. The Balaban J connectivity index is 0.891. The molecule has 0 bridgehead atoms. The van der Waals surface area contributed by atoms with E-state index in [1.165, 1.54) is 112 Å². The van der Waals surface area contributed by atoms with Crippen molar-refractivity contribution in [2.45, 2.75) is 142 Å². The van der Waals surface area contributed by atoms with Gasteiger partial charge in [-0.25, -0.2) is 0 Å². The summed E-state index contributed by atoms with van der Waals surface area (Å²) < 4.78 is 14.7. The van der Waals surface area contributed by atoms with Gasteiger partial charge in [-0.2, -0.15) is 0 Å². The SMILES string of the molecule is CCCCCCCCCCCCCCCCCCCOC(=O)CCn1c(=O)ccc2ccc(OCCCCN3CCN(c4cccc5sccc45)CC3)cc21. The molecule has 0 spiro atoms. The van der Waals surface area contributed by atoms with Gasteiger partial charge in [0.25, 0.3) is 5.56 Å². The Morgan fingerprint density at radius 2 is 1.31 bits per heavy atom. The zero-order valence-electron chi connectivity index (χ0n) is 34.0. The molecule has 4 aromatic rings. The number of thiophene rings is 1. The number of ether oxygens (including phenoxy) is 2. The highest BCUT2D eigenvalue weighted by Crippen LogP contribution is 2.31. The number of fused-ring (bicyclic) bond motifs is 2. The van der Waals surface area contributed by atoms with E-state index in [4.69, 9.17) is 9.47 Å². The van der Waals surface area contributed by atoms with Crippen LogP contribution in [0.25, 0.3) is 21.0 Å². The van der Waals surface area contributed by atoms with Crippen LogP contribution in [0.5, 0.6) is 5.75 Å². The molecule has 0 radical (unpaired) electrons. The third kappa shape index (κ3) is 14.9. The summed E-state index contributed by atoms with van der Waals surface area (Å²) in [6.07, 6.45) is 24.8. The van der Waals surface area contributed by atoms with Crippen LogP contribution in [0.1, 0.15) is 135 Å². The van der Waals surface area contributed by atoms with Gasteiger partial charge in [0.1, 0.15) is 5.75 Å². The second-order valence-corrected chi connectivity index (χ2v) is 16.6. The third-order valence-corrected chi connectivity index (χ3v) is 12.2. The number of nitrogens with zero attached hydrogens (tertiary/aromatic N) is 3. The lowest BCUT2D eigenvalue weighted by atomic mass is 10.0. The molecule has 1 aliphatic rings. The van der Waals surface area contributed by atoms with Crippen molar-refractivity contribution in [3.05, 3.63) is 70.3 Å². The van der Waals surface area contributed by atoms with Crippen molar-refractivity contribution in [1.82, 2.24) is 9.47 Å². The lowest BCUT2D eigenvalue weighted by Crippen LogP contribution is -2.46. The number of hydrogen-bond donors (Lipinski definition) is 0. The Hall–Kier alpha value is -3.36. The first-order valence-corrected chi connectivity index (χ1v) is 22.9. The summed E-state index contributed by atoms with van der Waals surface area (Å²) in [5.74, 6) is 0.512. The van der Waals surface area contributed by atoms with E-state index in [9.17, 15) is 9.59 Å². The van der Waals surface area contributed by atoms with E-state index in [-0.39, 0.29) is 17.9 Å². The lowest BCUT2D eigenvalue weighted by molar-refractivity contribution is -0.144. The Bertz CT molecular complexity index is 1730. The molecule has 1 fully saturated rings. The van der Waals surface area contributed by atoms with Crippen molar-refractivity contribution in [2.75, 3.05) is 50.8 Å². The van der Waals surface area contributed by atoms with Gasteiger partial charge in [-0.1, -0.05) is 116 Å². The molecule has 1 aliphatic heterocycles. The molecule has 1 saturated heterocycles. The van der Waals surface area contributed by atoms with Crippen LogP contribution in [-0.4, -0.2) is 61.4 Å². The zero-order chi connectivity index (χ0) is 38.3. The van der Waals surface area contributed by atoms with E-state index >= 15 is 0 Å². The molecule has 0 atom stereocenters. The molecule has 0 aliphatic carbocycles. The molecule has 3 heterocycles. The average Bonchev–Trinajstić information content (AvgIpc) is 3.70. The summed E-state index contributed by atoms with van der Waals surface area (Å²) in [5, 5.41) is 4.51. The number of aryl methyl sites for hydroxylation is 1. The van der Waals surface area contributed by atoms with Crippen molar-refractivity contribution in [3.63, 3.8) is 0 Å². The lowest BCUT2D eigenvalue weighted by Gasteiger charge is -2.36. The standard InChI is InChI=1S/C47H69N3O4S/c1-2-3-4-5-6-7-8-9-10-11-12-13-14-15-16-17-19-37-54-47(52)28-31-50-44-39-41(26-24-40(44)25-27-46(50)51)53-36-20-18-30-48-32-34-49(35-33-48)43-22-21-23-45-42(43)29-38-55-45/h21-27,29,38-39H,2-20,28,30-37H2,1H3. The van der Waals surface area contributed by atoms with Gasteiger partial charge in [-0.05, 0) is 73.0 Å². The third-order valence-electron chi connectivity index (χ3n) is 11.3. The number of carbonyl (C=O) groups is 1. The molecule has 7 nitrogen and oxygen atoms in total. The number of aromatic nitrogens is 1. The predicted octanol–water partition coefficient (Wildman–Crippen LogP) is 11.8. The van der Waals surface area contributed by atoms with E-state index < -0.39 is 0 Å². The van der Waals surface area contributed by atoms with E-state index in [2.05, 4.69) is 46.4 Å². The Kier molecular flexibility index (Phi) is 19.4. The second-order valence-electron chi connectivity index (χ2n) is 15.7. The number of unbranched alkanes of at least 4 members (excludes halogenated alkanes) is 17. The van der Waals surface area contributed by atoms with E-state index in [0.717, 1.165) is 75.1 Å². The number of carbonyl (C=O) groups excluding carboxylic acids is 1. The number of esters is 1. The normalized spacial score (nSPS) is 13.6. The molecule has 2 aromatic heterocycles. The smallest absolute Gasteiger partial charge is 0.307 e. The van der Waals surface area contributed by atoms with Crippen LogP contribution in [0.4, 0.5) is 5.69 Å². The minimum absolute atomic E-state index is 0.113. The monoisotopic (exact) mass is 772 g/mol. The molecule has 0 amide bonds. The highest BCUT2D eigenvalue weighted by atomic mass is 32.1. The van der Waals surface area contributed by atoms with Crippen LogP contribution in [0.2, 0.25) is 0 Å². The van der Waals surface area contributed by atoms with Crippen LogP contribution < -0.4 is 15.2 Å². The molecular weight excluding hydrogens is 703 g/mol. The number of piperazine rings is 1. The molecule has 5 rings (SSSR count). The maximum Gasteiger partial charge on any atom is 0.307 e. The Morgan fingerprint density at radius 1 is 0.673 bits per heavy atom. The van der Waals surface area contributed by atoms with Crippen LogP contribution in [-0.2, 0) is 16.1 Å². The summed E-state index contributed by atoms with van der Waals surface area (Å²) in [6.45, 7) is 9.03. The first-order chi connectivity index (χ1) is 27.1. The van der Waals surface area contributed by atoms with Crippen molar-refractivity contribution in [3.8, 4) is 5.75 Å². The van der Waals surface area contributed by atoms with Gasteiger partial charge in [0.2, 0.25) is 0 Å². The highest BCUT2D eigenvalue weighted by molar-refractivity contribution is 7.17. The van der Waals surface area contributed by atoms with Crippen molar-refractivity contribution < 1.29 is 14.3 Å². The summed E-state index contributed by atoms with van der Waals surface area (Å²) in [6, 6.07) is 18.2. The minimum atomic E-state index is -0.242. The van der Waals surface area contributed by atoms with Gasteiger partial charge in [0.15, 0.2) is 0 Å². The summed E-state index contributed by atoms with van der Waals surface area (Å²) >= 11 is 1.81. The summed E-state index contributed by atoms with van der Waals surface area (Å²) in [5.41, 5.74) is 2.04. The predicted molar refractivity (Wildman–Crippen MR) is 233 cm³/mol. The minimum Gasteiger partial charge on any atom is -0.494 e. The second kappa shape index (κ2) is 25.0. The fourth-order valence-electron chi connectivity index (χ4n) is 7.97. The molecule has 2 aromatic carbocycles. The first kappa shape index (κ1) is 42.8. The van der Waals surface area contributed by atoms with Crippen LogP contribution >= 0.6 is 11.3 Å². The number of pyridine rings is 1. The quantitative estimate of drug-likeness (QED) is 0.0423. The van der Waals surface area contributed by atoms with Gasteiger partial charge >= 0.3 is 5.97 Å². The fraction of sp³-hybridized carbons (Fsp3) is 0.617. The van der Waals surface area contributed by atoms with Gasteiger partial charge in [0.05, 0.1) is 25.2 Å². The first-order valence-electron chi connectivity index (χ1n) is 22.0. The Labute approximate surface area is 335 Å². The van der Waals surface area contributed by atoms with E-state index in [0.29, 0.717) is 19.8 Å². The Morgan fingerprint density at radius 3 is 2.00 bits per heavy atom. The average molecular weight is 772 g/mol. The molecule has 8 heteroatoms. The summed E-state index contributed by atoms with van der Waals surface area (Å²) in [4.78, 5) is 30.5. The van der Waals surface area contributed by atoms with Crippen LogP contribution in [0.3, 0.4) is 0 Å². The molecular formula is C47H69N3O4S. The van der Waals surface area contributed by atoms with E-state index in [1.807, 2.05) is 35.6 Å². The van der Waals surface area contributed by atoms with Gasteiger partial charge in [-0.3, -0.25) is 14.5 Å². The molecule has 302 valence electrons. The molecule has 0 N–H and O–H groups in total. The number of hydrogen-bond acceptors (Lipinski definition) is 7. The van der Waals surface area contributed by atoms with Gasteiger partial charge < -0.3 is 18.9 Å². The topological polar surface area (TPSA) is 64.0 Å². The number of benzene rings is 2. The number of anilines is 1.